The number of fused-ring (bicyclic) bond motifs is 2. The summed E-state index contributed by atoms with van der Waals surface area (Å²) in [6, 6.07) is 3.86. The lowest BCUT2D eigenvalue weighted by Crippen LogP contribution is -2.25. The molecule has 2 aliphatic heterocycles. The highest BCUT2D eigenvalue weighted by Gasteiger charge is 2.23. The molecule has 0 aliphatic carbocycles. The van der Waals surface area contributed by atoms with Crippen LogP contribution in [0.15, 0.2) is 21.7 Å². The molecule has 2 aliphatic rings. The average Bonchev–Trinajstić information content (AvgIpc) is 2.82. The van der Waals surface area contributed by atoms with Gasteiger partial charge in [-0.2, -0.15) is 0 Å². The van der Waals surface area contributed by atoms with Gasteiger partial charge in [0.1, 0.15) is 0 Å². The molecule has 2 N–H and O–H groups in total. The Labute approximate surface area is 148 Å². The molecule has 132 valence electrons. The molecule has 0 radical (unpaired) electrons. The van der Waals surface area contributed by atoms with Gasteiger partial charge in [-0.3, -0.25) is 14.7 Å². The van der Waals surface area contributed by atoms with E-state index in [0.717, 1.165) is 24.9 Å². The number of rotatable bonds is 3. The number of aromatic amines is 2. The van der Waals surface area contributed by atoms with Gasteiger partial charge in [-0.15, -0.1) is 0 Å². The van der Waals surface area contributed by atoms with Crippen molar-refractivity contribution >= 4 is 11.6 Å². The van der Waals surface area contributed by atoms with Crippen molar-refractivity contribution in [2.24, 2.45) is 0 Å². The molecule has 1 aromatic carbocycles. The number of hydrogen-bond acceptors (Lipinski definition) is 5. The van der Waals surface area contributed by atoms with Crippen LogP contribution >= 0.6 is 11.6 Å². The molecule has 8 heteroatoms. The van der Waals surface area contributed by atoms with Crippen LogP contribution in [0.2, 0.25) is 5.02 Å². The van der Waals surface area contributed by atoms with Crippen molar-refractivity contribution in [2.75, 3.05) is 19.8 Å². The lowest BCUT2D eigenvalue weighted by atomic mass is 10.1. The van der Waals surface area contributed by atoms with E-state index in [-0.39, 0.29) is 5.56 Å². The van der Waals surface area contributed by atoms with Gasteiger partial charge in [0, 0.05) is 31.7 Å². The third-order valence-electron chi connectivity index (χ3n) is 4.47. The van der Waals surface area contributed by atoms with Gasteiger partial charge in [-0.05, 0) is 24.1 Å². The number of nitrogens with one attached hydrogen (secondary N) is 2. The zero-order valence-electron chi connectivity index (χ0n) is 13.6. The number of ether oxygens (including phenoxy) is 2. The lowest BCUT2D eigenvalue weighted by molar-refractivity contribution is 0.285. The molecular formula is C17H18ClN3O4. The van der Waals surface area contributed by atoms with E-state index in [1.54, 1.807) is 0 Å². The Morgan fingerprint density at radius 3 is 2.84 bits per heavy atom. The Morgan fingerprint density at radius 1 is 1.12 bits per heavy atom. The minimum Gasteiger partial charge on any atom is -0.489 e. The van der Waals surface area contributed by atoms with Gasteiger partial charge < -0.3 is 14.5 Å². The fraction of sp³-hybridized carbons (Fsp3) is 0.412. The maximum absolute atomic E-state index is 11.8. The van der Waals surface area contributed by atoms with Crippen LogP contribution in [0.25, 0.3) is 0 Å². The summed E-state index contributed by atoms with van der Waals surface area (Å²) in [6.45, 7) is 3.05. The van der Waals surface area contributed by atoms with Crippen LogP contribution in [0.3, 0.4) is 0 Å². The second kappa shape index (κ2) is 6.57. The van der Waals surface area contributed by atoms with E-state index in [9.17, 15) is 9.59 Å². The van der Waals surface area contributed by atoms with Crippen molar-refractivity contribution in [1.29, 1.82) is 0 Å². The predicted molar refractivity (Wildman–Crippen MR) is 92.6 cm³/mol. The van der Waals surface area contributed by atoms with Crippen LogP contribution in [0, 0.1) is 0 Å². The van der Waals surface area contributed by atoms with Gasteiger partial charge >= 0.3 is 5.69 Å². The number of nitrogens with zero attached hydrogens (tertiary/aromatic N) is 1. The molecule has 0 amide bonds. The van der Waals surface area contributed by atoms with Crippen LogP contribution in [-0.4, -0.2) is 34.6 Å². The Bertz CT molecular complexity index is 921. The molecule has 0 fully saturated rings. The summed E-state index contributed by atoms with van der Waals surface area (Å²) in [5, 5.41) is 0.555. The average molecular weight is 364 g/mol. The van der Waals surface area contributed by atoms with E-state index >= 15 is 0 Å². The Morgan fingerprint density at radius 2 is 1.96 bits per heavy atom. The molecule has 0 atom stereocenters. The summed E-state index contributed by atoms with van der Waals surface area (Å²) in [6.07, 6.45) is 1.59. The molecule has 7 nitrogen and oxygen atoms in total. The smallest absolute Gasteiger partial charge is 0.325 e. The van der Waals surface area contributed by atoms with E-state index in [2.05, 4.69) is 14.9 Å². The monoisotopic (exact) mass is 363 g/mol. The van der Waals surface area contributed by atoms with E-state index in [0.29, 0.717) is 54.1 Å². The molecular weight excluding hydrogens is 346 g/mol. The first-order valence-corrected chi connectivity index (χ1v) is 8.62. The number of H-pyrrole nitrogens is 2. The van der Waals surface area contributed by atoms with Crippen molar-refractivity contribution in [3.8, 4) is 11.5 Å². The normalized spacial score (nSPS) is 16.5. The maximum Gasteiger partial charge on any atom is 0.325 e. The summed E-state index contributed by atoms with van der Waals surface area (Å²) in [5.41, 5.74) is 1.62. The van der Waals surface area contributed by atoms with Crippen molar-refractivity contribution in [3.05, 3.63) is 54.8 Å². The van der Waals surface area contributed by atoms with Crippen molar-refractivity contribution in [2.45, 2.75) is 25.9 Å². The largest absolute Gasteiger partial charge is 0.489 e. The second-order valence-corrected chi connectivity index (χ2v) is 6.69. The Kier molecular flexibility index (Phi) is 4.27. The minimum atomic E-state index is -0.458. The van der Waals surface area contributed by atoms with E-state index in [1.807, 2.05) is 12.1 Å². The Hall–Kier alpha value is -2.25. The molecule has 4 rings (SSSR count). The fourth-order valence-electron chi connectivity index (χ4n) is 3.24. The first kappa shape index (κ1) is 16.2. The number of aromatic nitrogens is 2. The predicted octanol–water partition coefficient (Wildman–Crippen LogP) is 1.44. The quantitative estimate of drug-likeness (QED) is 0.861. The molecule has 0 bridgehead atoms. The molecule has 2 aromatic rings. The summed E-state index contributed by atoms with van der Waals surface area (Å²) >= 11 is 6.32. The third kappa shape index (κ3) is 3.29. The van der Waals surface area contributed by atoms with Crippen molar-refractivity contribution < 1.29 is 9.47 Å². The van der Waals surface area contributed by atoms with Gasteiger partial charge in [0.15, 0.2) is 11.5 Å². The molecule has 0 saturated heterocycles. The summed E-state index contributed by atoms with van der Waals surface area (Å²) in [5.74, 6) is 1.30. The second-order valence-electron chi connectivity index (χ2n) is 6.28. The highest BCUT2D eigenvalue weighted by atomic mass is 35.5. The Balaban J connectivity index is 1.47. The number of benzene rings is 1. The standard InChI is InChI=1S/C17H18ClN3O4/c18-12-6-10(7-14-15(12)25-5-1-4-24-14)2-3-21-8-11-13(9-21)19-17(23)20-16(11)22/h6-7H,1-5,8-9H2,(H2,19,20,22,23). The molecule has 0 unspecified atom stereocenters. The molecule has 0 spiro atoms. The minimum absolute atomic E-state index is 0.306. The SMILES string of the molecule is O=c1[nH]c2c(c(=O)[nH]1)CN(CCc1cc(Cl)c3c(c1)OCCCO3)C2. The topological polar surface area (TPSA) is 87.4 Å². The molecule has 0 saturated carbocycles. The summed E-state index contributed by atoms with van der Waals surface area (Å²) in [7, 11) is 0. The van der Waals surface area contributed by atoms with E-state index in [1.165, 1.54) is 0 Å². The van der Waals surface area contributed by atoms with Gasteiger partial charge in [-0.1, -0.05) is 11.6 Å². The highest BCUT2D eigenvalue weighted by molar-refractivity contribution is 6.32. The number of hydrogen-bond donors (Lipinski definition) is 2. The van der Waals surface area contributed by atoms with E-state index < -0.39 is 5.69 Å². The van der Waals surface area contributed by atoms with E-state index in [4.69, 9.17) is 21.1 Å². The van der Waals surface area contributed by atoms with Crippen LogP contribution in [0.4, 0.5) is 0 Å². The van der Waals surface area contributed by atoms with Crippen LogP contribution in [0.5, 0.6) is 11.5 Å². The van der Waals surface area contributed by atoms with Gasteiger partial charge in [0.2, 0.25) is 0 Å². The summed E-state index contributed by atoms with van der Waals surface area (Å²) in [4.78, 5) is 30.3. The van der Waals surface area contributed by atoms with Crippen LogP contribution < -0.4 is 20.7 Å². The third-order valence-corrected chi connectivity index (χ3v) is 4.75. The number of halogens is 1. The lowest BCUT2D eigenvalue weighted by Gasteiger charge is -2.16. The molecule has 1 aromatic heterocycles. The maximum atomic E-state index is 11.8. The summed E-state index contributed by atoms with van der Waals surface area (Å²) < 4.78 is 11.4. The van der Waals surface area contributed by atoms with Crippen molar-refractivity contribution in [3.63, 3.8) is 0 Å². The molecule has 25 heavy (non-hydrogen) atoms. The first-order valence-electron chi connectivity index (χ1n) is 8.25. The zero-order chi connectivity index (χ0) is 17.4. The van der Waals surface area contributed by atoms with Gasteiger partial charge in [0.05, 0.1) is 23.8 Å². The van der Waals surface area contributed by atoms with Gasteiger partial charge in [-0.25, -0.2) is 4.79 Å². The van der Waals surface area contributed by atoms with Crippen LogP contribution in [-0.2, 0) is 19.5 Å². The molecule has 3 heterocycles. The fourth-order valence-corrected chi connectivity index (χ4v) is 3.53. The zero-order valence-corrected chi connectivity index (χ0v) is 14.3. The van der Waals surface area contributed by atoms with Crippen LogP contribution in [0.1, 0.15) is 23.2 Å². The van der Waals surface area contributed by atoms with Crippen molar-refractivity contribution in [1.82, 2.24) is 14.9 Å². The highest BCUT2D eigenvalue weighted by Crippen LogP contribution is 2.38. The first-order chi connectivity index (χ1) is 12.1. The van der Waals surface area contributed by atoms with Gasteiger partial charge in [0.25, 0.3) is 5.56 Å².